The summed E-state index contributed by atoms with van der Waals surface area (Å²) in [6.07, 6.45) is 1.54. The van der Waals surface area contributed by atoms with Gasteiger partial charge in [-0.3, -0.25) is 0 Å². The molecule has 144 valence electrons. The van der Waals surface area contributed by atoms with Crippen molar-refractivity contribution in [1.29, 1.82) is 0 Å². The third kappa shape index (κ3) is 4.12. The van der Waals surface area contributed by atoms with Crippen LogP contribution in [0, 0.1) is 5.92 Å². The van der Waals surface area contributed by atoms with E-state index >= 15 is 0 Å². The van der Waals surface area contributed by atoms with Gasteiger partial charge < -0.3 is 19.5 Å². The van der Waals surface area contributed by atoms with Crippen LogP contribution in [0.25, 0.3) is 0 Å². The zero-order valence-corrected chi connectivity index (χ0v) is 17.1. The van der Waals surface area contributed by atoms with E-state index in [2.05, 4.69) is 21.2 Å². The summed E-state index contributed by atoms with van der Waals surface area (Å²) in [5.74, 6) is 0.508. The van der Waals surface area contributed by atoms with Gasteiger partial charge in [0.1, 0.15) is 5.75 Å². The molecule has 1 heterocycles. The van der Waals surface area contributed by atoms with Gasteiger partial charge in [0.2, 0.25) is 0 Å². The molecule has 0 aromatic heterocycles. The molecule has 2 aromatic rings. The van der Waals surface area contributed by atoms with Crippen LogP contribution in [0.1, 0.15) is 18.4 Å². The van der Waals surface area contributed by atoms with E-state index in [1.807, 2.05) is 48.5 Å². The van der Waals surface area contributed by atoms with Crippen LogP contribution in [0.3, 0.4) is 0 Å². The fraction of sp³-hybridized carbons (Fsp3) is 0.381. The Morgan fingerprint density at radius 3 is 2.26 bits per heavy atom. The first-order valence-electron chi connectivity index (χ1n) is 8.94. The van der Waals surface area contributed by atoms with E-state index in [4.69, 9.17) is 14.2 Å². The minimum absolute atomic E-state index is 0.0435. The van der Waals surface area contributed by atoms with Crippen LogP contribution >= 0.6 is 15.9 Å². The van der Waals surface area contributed by atoms with Gasteiger partial charge in [-0.15, -0.1) is 0 Å². The highest BCUT2D eigenvalue weighted by Gasteiger charge is 2.48. The summed E-state index contributed by atoms with van der Waals surface area (Å²) < 4.78 is 17.0. The van der Waals surface area contributed by atoms with Gasteiger partial charge in [-0.25, -0.2) is 4.79 Å². The number of hydrogen-bond acceptors (Lipinski definition) is 5. The van der Waals surface area contributed by atoms with Gasteiger partial charge >= 0.3 is 5.97 Å². The van der Waals surface area contributed by atoms with E-state index in [1.54, 1.807) is 7.11 Å². The van der Waals surface area contributed by atoms with Crippen LogP contribution < -0.4 is 10.1 Å². The Morgan fingerprint density at radius 1 is 1.07 bits per heavy atom. The van der Waals surface area contributed by atoms with E-state index in [9.17, 15) is 4.79 Å². The molecule has 0 radical (unpaired) electrons. The number of anilines is 1. The number of halogens is 1. The highest BCUT2D eigenvalue weighted by Crippen LogP contribution is 2.41. The first-order valence-corrected chi connectivity index (χ1v) is 9.74. The van der Waals surface area contributed by atoms with Crippen molar-refractivity contribution in [3.05, 3.63) is 58.6 Å². The van der Waals surface area contributed by atoms with Gasteiger partial charge in [0, 0.05) is 29.3 Å². The molecule has 1 aliphatic heterocycles. The Kier molecular flexibility index (Phi) is 6.39. The number of nitrogens with one attached hydrogen (secondary N) is 1. The molecule has 2 aromatic carbocycles. The Balaban J connectivity index is 2.08. The van der Waals surface area contributed by atoms with Crippen molar-refractivity contribution in [3.63, 3.8) is 0 Å². The van der Waals surface area contributed by atoms with Crippen molar-refractivity contribution in [2.75, 3.05) is 32.8 Å². The lowest BCUT2D eigenvalue weighted by Gasteiger charge is -2.42. The van der Waals surface area contributed by atoms with Crippen molar-refractivity contribution >= 4 is 27.6 Å². The first-order chi connectivity index (χ1) is 13.1. The number of benzene rings is 2. The van der Waals surface area contributed by atoms with E-state index < -0.39 is 5.54 Å². The largest absolute Gasteiger partial charge is 0.497 e. The van der Waals surface area contributed by atoms with Gasteiger partial charge in [-0.2, -0.15) is 0 Å². The molecule has 0 saturated carbocycles. The van der Waals surface area contributed by atoms with Crippen molar-refractivity contribution < 1.29 is 19.0 Å². The minimum Gasteiger partial charge on any atom is -0.497 e. The third-order valence-corrected chi connectivity index (χ3v) is 5.60. The molecule has 1 saturated heterocycles. The van der Waals surface area contributed by atoms with Crippen molar-refractivity contribution in [1.82, 2.24) is 0 Å². The lowest BCUT2D eigenvalue weighted by Crippen LogP contribution is -2.52. The zero-order valence-electron chi connectivity index (χ0n) is 15.5. The van der Waals surface area contributed by atoms with E-state index in [1.165, 1.54) is 7.11 Å². The van der Waals surface area contributed by atoms with Crippen molar-refractivity contribution in [2.45, 2.75) is 18.4 Å². The number of hydrogen-bond donors (Lipinski definition) is 1. The molecule has 1 fully saturated rings. The average molecular weight is 434 g/mol. The molecule has 0 unspecified atom stereocenters. The fourth-order valence-electron chi connectivity index (χ4n) is 3.65. The lowest BCUT2D eigenvalue weighted by atomic mass is 9.73. The Hall–Kier alpha value is -2.05. The molecule has 27 heavy (non-hydrogen) atoms. The van der Waals surface area contributed by atoms with Crippen LogP contribution in [0.2, 0.25) is 0 Å². The Bertz CT molecular complexity index is 757. The van der Waals surface area contributed by atoms with Crippen LogP contribution in [0.5, 0.6) is 5.75 Å². The second-order valence-electron chi connectivity index (χ2n) is 6.55. The van der Waals surface area contributed by atoms with Crippen LogP contribution in [0.15, 0.2) is 53.0 Å². The monoisotopic (exact) mass is 433 g/mol. The average Bonchev–Trinajstić information content (AvgIpc) is 2.73. The summed E-state index contributed by atoms with van der Waals surface area (Å²) in [6.45, 7) is 1.26. The molecular formula is C21H24BrNO4. The number of ether oxygens (including phenoxy) is 3. The minimum atomic E-state index is -0.992. The van der Waals surface area contributed by atoms with Crippen molar-refractivity contribution in [2.24, 2.45) is 5.92 Å². The standard InChI is InChI=1S/C21H24BrNO4/c1-25-19-9-7-18(8-10-19)23-21(20(24)26-2,16-11-13-27-14-12-16)15-3-5-17(22)6-4-15/h3-10,16,23H,11-14H2,1-2H3/t21-/m1/s1. The van der Waals surface area contributed by atoms with Gasteiger partial charge in [0.25, 0.3) is 0 Å². The molecule has 1 aliphatic rings. The lowest BCUT2D eigenvalue weighted by molar-refractivity contribution is -0.150. The smallest absolute Gasteiger partial charge is 0.336 e. The highest BCUT2D eigenvalue weighted by molar-refractivity contribution is 9.10. The van der Waals surface area contributed by atoms with Gasteiger partial charge in [0.15, 0.2) is 5.54 Å². The molecule has 5 nitrogen and oxygen atoms in total. The van der Waals surface area contributed by atoms with E-state index in [0.717, 1.165) is 34.3 Å². The molecule has 6 heteroatoms. The quantitative estimate of drug-likeness (QED) is 0.685. The SMILES string of the molecule is COC(=O)[C@@](Nc1ccc(OC)cc1)(c1ccc(Br)cc1)C1CCOCC1. The Morgan fingerprint density at radius 2 is 1.70 bits per heavy atom. The summed E-state index contributed by atoms with van der Waals surface area (Å²) in [5.41, 5.74) is 0.712. The zero-order chi connectivity index (χ0) is 19.3. The normalized spacial score (nSPS) is 17.0. The van der Waals surface area contributed by atoms with Crippen molar-refractivity contribution in [3.8, 4) is 5.75 Å². The maximum atomic E-state index is 13.2. The molecule has 1 atom stereocenters. The van der Waals surface area contributed by atoms with E-state index in [-0.39, 0.29) is 11.9 Å². The number of esters is 1. The number of rotatable bonds is 6. The summed E-state index contributed by atoms with van der Waals surface area (Å²) in [6, 6.07) is 15.4. The maximum Gasteiger partial charge on any atom is 0.336 e. The molecule has 0 bridgehead atoms. The highest BCUT2D eigenvalue weighted by atomic mass is 79.9. The second-order valence-corrected chi connectivity index (χ2v) is 7.46. The number of methoxy groups -OCH3 is 2. The summed E-state index contributed by atoms with van der Waals surface area (Å²) in [4.78, 5) is 13.2. The topological polar surface area (TPSA) is 56.8 Å². The molecule has 1 N–H and O–H groups in total. The predicted octanol–water partition coefficient (Wildman–Crippen LogP) is 4.36. The third-order valence-electron chi connectivity index (χ3n) is 5.07. The van der Waals surface area contributed by atoms with Crippen LogP contribution in [-0.2, 0) is 19.8 Å². The summed E-state index contributed by atoms with van der Waals surface area (Å²) in [7, 11) is 3.07. The van der Waals surface area contributed by atoms with E-state index in [0.29, 0.717) is 13.2 Å². The Labute approximate surface area is 168 Å². The van der Waals surface area contributed by atoms with Gasteiger partial charge in [-0.05, 0) is 54.8 Å². The summed E-state index contributed by atoms with van der Waals surface area (Å²) >= 11 is 3.47. The summed E-state index contributed by atoms with van der Waals surface area (Å²) in [5, 5.41) is 3.50. The van der Waals surface area contributed by atoms with Crippen LogP contribution in [-0.4, -0.2) is 33.4 Å². The first kappa shape index (κ1) is 19.7. The van der Waals surface area contributed by atoms with Gasteiger partial charge in [0.05, 0.1) is 14.2 Å². The van der Waals surface area contributed by atoms with Crippen LogP contribution in [0.4, 0.5) is 5.69 Å². The fourth-order valence-corrected chi connectivity index (χ4v) is 3.92. The molecular weight excluding hydrogens is 410 g/mol. The molecule has 0 amide bonds. The number of carbonyl (C=O) groups is 1. The molecule has 0 aliphatic carbocycles. The van der Waals surface area contributed by atoms with Gasteiger partial charge in [-0.1, -0.05) is 28.1 Å². The molecule has 3 rings (SSSR count). The number of carbonyl (C=O) groups excluding carboxylic acids is 1. The predicted molar refractivity (Wildman–Crippen MR) is 108 cm³/mol. The maximum absolute atomic E-state index is 13.2. The molecule has 0 spiro atoms. The second kappa shape index (κ2) is 8.76.